The van der Waals surface area contributed by atoms with E-state index in [0.717, 1.165) is 0 Å². The molecule has 0 saturated carbocycles. The molecule has 0 bridgehead atoms. The highest BCUT2D eigenvalue weighted by molar-refractivity contribution is 4.89. The number of H-pyrrole nitrogens is 1. The largest absolute Gasteiger partial charge is 0.257 e. The Morgan fingerprint density at radius 3 is 1.53 bits per heavy atom. The average Bonchev–Trinajstić information content (AvgIpc) is 3.29. The first-order valence-electron chi connectivity index (χ1n) is 14.8. The first kappa shape index (κ1) is 29.2. The number of aromatic nitrogens is 2. The molecule has 0 radical (unpaired) electrons. The third kappa shape index (κ3) is 13.7. The SMILES string of the molecule is CCCCCCCCCCCCCCCC(C)[n+]1cc[nH]c1C(CC)CCCCCCC. The molecular weight excluding hydrogens is 388 g/mol. The molecule has 0 spiro atoms. The fourth-order valence-corrected chi connectivity index (χ4v) is 5.20. The van der Waals surface area contributed by atoms with Crippen molar-refractivity contribution in [3.05, 3.63) is 18.2 Å². The fraction of sp³-hybridized carbons (Fsp3) is 0.900. The van der Waals surface area contributed by atoms with Gasteiger partial charge in [0.05, 0.1) is 12.0 Å². The number of unbranched alkanes of at least 4 members (excludes halogenated alkanes) is 16. The van der Waals surface area contributed by atoms with E-state index >= 15 is 0 Å². The van der Waals surface area contributed by atoms with E-state index in [1.165, 1.54) is 141 Å². The summed E-state index contributed by atoms with van der Waals surface area (Å²) < 4.78 is 2.56. The minimum Gasteiger partial charge on any atom is -0.247 e. The third-order valence-electron chi connectivity index (χ3n) is 7.48. The second kappa shape index (κ2) is 20.8. The zero-order valence-corrected chi connectivity index (χ0v) is 22.6. The molecule has 1 aromatic heterocycles. The molecule has 2 atom stereocenters. The predicted molar refractivity (Wildman–Crippen MR) is 142 cm³/mol. The van der Waals surface area contributed by atoms with Gasteiger partial charge < -0.3 is 0 Å². The van der Waals surface area contributed by atoms with Gasteiger partial charge in [-0.3, -0.25) is 0 Å². The maximum absolute atomic E-state index is 3.60. The van der Waals surface area contributed by atoms with Gasteiger partial charge in [-0.15, -0.1) is 0 Å². The van der Waals surface area contributed by atoms with Crippen LogP contribution < -0.4 is 4.57 Å². The van der Waals surface area contributed by atoms with Crippen LogP contribution in [0.2, 0.25) is 0 Å². The maximum Gasteiger partial charge on any atom is 0.257 e. The van der Waals surface area contributed by atoms with Crippen LogP contribution in [0.5, 0.6) is 0 Å². The molecule has 0 aromatic carbocycles. The zero-order valence-electron chi connectivity index (χ0n) is 22.6. The van der Waals surface area contributed by atoms with Crippen molar-refractivity contribution in [1.29, 1.82) is 0 Å². The summed E-state index contributed by atoms with van der Waals surface area (Å²) in [6.45, 7) is 9.39. The van der Waals surface area contributed by atoms with Gasteiger partial charge in [0.2, 0.25) is 0 Å². The fourth-order valence-electron chi connectivity index (χ4n) is 5.20. The molecule has 0 saturated heterocycles. The van der Waals surface area contributed by atoms with Crippen LogP contribution in [0.25, 0.3) is 0 Å². The molecule has 2 unspecified atom stereocenters. The summed E-state index contributed by atoms with van der Waals surface area (Å²) in [7, 11) is 0. The van der Waals surface area contributed by atoms with Crippen LogP contribution in [0.4, 0.5) is 0 Å². The molecule has 0 aliphatic heterocycles. The van der Waals surface area contributed by atoms with Crippen molar-refractivity contribution in [3.8, 4) is 0 Å². The first-order chi connectivity index (χ1) is 15.7. The normalized spacial score (nSPS) is 13.5. The van der Waals surface area contributed by atoms with Gasteiger partial charge in [-0.1, -0.05) is 130 Å². The predicted octanol–water partition coefficient (Wildman–Crippen LogP) is 10.2. The van der Waals surface area contributed by atoms with Crippen molar-refractivity contribution in [1.82, 2.24) is 4.98 Å². The Morgan fingerprint density at radius 2 is 1.06 bits per heavy atom. The van der Waals surface area contributed by atoms with Crippen LogP contribution in [0.15, 0.2) is 12.4 Å². The van der Waals surface area contributed by atoms with Crippen LogP contribution in [0.3, 0.4) is 0 Å². The maximum atomic E-state index is 3.60. The molecule has 1 rings (SSSR count). The van der Waals surface area contributed by atoms with E-state index in [-0.39, 0.29) is 0 Å². The lowest BCUT2D eigenvalue weighted by molar-refractivity contribution is -0.727. The van der Waals surface area contributed by atoms with Crippen LogP contribution in [0.1, 0.15) is 180 Å². The van der Waals surface area contributed by atoms with Crippen molar-refractivity contribution in [2.75, 3.05) is 0 Å². The molecular formula is C30H59N2+. The van der Waals surface area contributed by atoms with Gasteiger partial charge in [0.1, 0.15) is 12.4 Å². The standard InChI is InChI=1S/C30H58N2/c1-5-8-10-12-13-14-15-16-17-18-19-21-22-24-28(4)32-27-26-31-30(32)29(7-3)25-23-20-11-9-6-2/h26-29H,5-25H2,1-4H3/p+1. The van der Waals surface area contributed by atoms with Crippen LogP contribution >= 0.6 is 0 Å². The Bertz CT molecular complexity index is 507. The van der Waals surface area contributed by atoms with Gasteiger partial charge in [-0.05, 0) is 32.6 Å². The first-order valence-corrected chi connectivity index (χ1v) is 14.8. The van der Waals surface area contributed by atoms with Crippen molar-refractivity contribution in [2.45, 2.75) is 174 Å². The quantitative estimate of drug-likeness (QED) is 0.127. The minimum absolute atomic E-state index is 0.623. The lowest BCUT2D eigenvalue weighted by atomic mass is 9.96. The molecule has 0 fully saturated rings. The molecule has 0 amide bonds. The summed E-state index contributed by atoms with van der Waals surface area (Å²) in [6, 6.07) is 0.623. The highest BCUT2D eigenvalue weighted by Crippen LogP contribution is 2.24. The van der Waals surface area contributed by atoms with E-state index in [2.05, 4.69) is 49.6 Å². The molecule has 1 aromatic rings. The Morgan fingerprint density at radius 1 is 0.625 bits per heavy atom. The summed E-state index contributed by atoms with van der Waals surface area (Å²) >= 11 is 0. The monoisotopic (exact) mass is 447 g/mol. The van der Waals surface area contributed by atoms with Gasteiger partial charge in [0.15, 0.2) is 0 Å². The highest BCUT2D eigenvalue weighted by Gasteiger charge is 2.24. The lowest BCUT2D eigenvalue weighted by Gasteiger charge is -2.16. The van der Waals surface area contributed by atoms with Crippen molar-refractivity contribution in [2.24, 2.45) is 0 Å². The molecule has 2 nitrogen and oxygen atoms in total. The molecule has 0 aliphatic carbocycles. The lowest BCUT2D eigenvalue weighted by Crippen LogP contribution is -2.41. The molecule has 1 N–H and O–H groups in total. The molecule has 0 aliphatic rings. The van der Waals surface area contributed by atoms with E-state index in [4.69, 9.17) is 0 Å². The molecule has 188 valence electrons. The molecule has 1 heterocycles. The summed E-state index contributed by atoms with van der Waals surface area (Å²) in [5, 5.41) is 0. The van der Waals surface area contributed by atoms with Crippen molar-refractivity contribution in [3.63, 3.8) is 0 Å². The van der Waals surface area contributed by atoms with Crippen LogP contribution in [-0.4, -0.2) is 4.98 Å². The van der Waals surface area contributed by atoms with Gasteiger partial charge in [-0.2, -0.15) is 0 Å². The van der Waals surface area contributed by atoms with E-state index in [1.54, 1.807) is 0 Å². The number of hydrogen-bond acceptors (Lipinski definition) is 0. The number of rotatable bonds is 23. The Balaban J connectivity index is 2.13. The Kier molecular flexibility index (Phi) is 19.0. The highest BCUT2D eigenvalue weighted by atomic mass is 15.1. The Hall–Kier alpha value is -0.790. The average molecular weight is 448 g/mol. The summed E-state index contributed by atoms with van der Waals surface area (Å²) in [4.78, 5) is 3.60. The smallest absolute Gasteiger partial charge is 0.247 e. The number of hydrogen-bond donors (Lipinski definition) is 1. The van der Waals surface area contributed by atoms with E-state index < -0.39 is 0 Å². The second-order valence-electron chi connectivity index (χ2n) is 10.4. The second-order valence-corrected chi connectivity index (χ2v) is 10.4. The van der Waals surface area contributed by atoms with E-state index in [1.807, 2.05) is 0 Å². The zero-order chi connectivity index (χ0) is 23.3. The third-order valence-corrected chi connectivity index (χ3v) is 7.48. The number of nitrogens with zero attached hydrogens (tertiary/aromatic N) is 1. The van der Waals surface area contributed by atoms with Crippen LogP contribution in [0, 0.1) is 0 Å². The minimum atomic E-state index is 0.623. The van der Waals surface area contributed by atoms with Crippen molar-refractivity contribution >= 4 is 0 Å². The van der Waals surface area contributed by atoms with Gasteiger partial charge >= 0.3 is 0 Å². The van der Waals surface area contributed by atoms with E-state index in [9.17, 15) is 0 Å². The molecule has 2 heteroatoms. The Labute approximate surface area is 202 Å². The summed E-state index contributed by atoms with van der Waals surface area (Å²) in [5.41, 5.74) is 0. The van der Waals surface area contributed by atoms with Gasteiger partial charge in [0, 0.05) is 0 Å². The van der Waals surface area contributed by atoms with Crippen molar-refractivity contribution < 1.29 is 4.57 Å². The van der Waals surface area contributed by atoms with Crippen LogP contribution in [-0.2, 0) is 0 Å². The summed E-state index contributed by atoms with van der Waals surface area (Å²) in [5.74, 6) is 2.17. The van der Waals surface area contributed by atoms with Gasteiger partial charge in [-0.25, -0.2) is 9.55 Å². The van der Waals surface area contributed by atoms with E-state index in [0.29, 0.717) is 12.0 Å². The van der Waals surface area contributed by atoms with Gasteiger partial charge in [0.25, 0.3) is 5.82 Å². The number of nitrogens with one attached hydrogen (secondary N) is 1. The topological polar surface area (TPSA) is 19.7 Å². The number of imidazole rings is 1. The number of aromatic amines is 1. The summed E-state index contributed by atoms with van der Waals surface area (Å²) in [6.07, 6.45) is 34.0. The molecule has 32 heavy (non-hydrogen) atoms.